The first-order chi connectivity index (χ1) is 7.40. The van der Waals surface area contributed by atoms with Gasteiger partial charge in [0.05, 0.1) is 6.61 Å². The van der Waals surface area contributed by atoms with Crippen molar-refractivity contribution in [1.82, 2.24) is 10.2 Å². The molecule has 1 aliphatic heterocycles. The molecule has 0 spiro atoms. The number of carbonyl (C=O) groups excluding carboxylic acids is 2. The highest BCUT2D eigenvalue weighted by Crippen LogP contribution is 2.17. The third-order valence-corrected chi connectivity index (χ3v) is 2.76. The summed E-state index contributed by atoms with van der Waals surface area (Å²) in [6.45, 7) is 8.61. The number of nitrogens with one attached hydrogen (secondary N) is 1. The number of carbonyl (C=O) groups is 2. The van der Waals surface area contributed by atoms with Crippen LogP contribution in [0.3, 0.4) is 0 Å². The van der Waals surface area contributed by atoms with Crippen LogP contribution in [0.1, 0.15) is 27.7 Å². The molecular weight excluding hydrogens is 208 g/mol. The first-order valence-electron chi connectivity index (χ1n) is 5.61. The van der Waals surface area contributed by atoms with Crippen molar-refractivity contribution in [3.63, 3.8) is 0 Å². The topological polar surface area (TPSA) is 58.6 Å². The Kier molecular flexibility index (Phi) is 3.91. The average molecular weight is 228 g/mol. The number of rotatable bonds is 4. The lowest BCUT2D eigenvalue weighted by molar-refractivity contribution is -0.153. The zero-order valence-electron chi connectivity index (χ0n) is 10.4. The van der Waals surface area contributed by atoms with Crippen LogP contribution >= 0.6 is 0 Å². The minimum Gasteiger partial charge on any atom is -0.380 e. The molecule has 1 rings (SSSR count). The molecule has 1 fully saturated rings. The van der Waals surface area contributed by atoms with Crippen LogP contribution in [0, 0.1) is 0 Å². The number of amides is 2. The van der Waals surface area contributed by atoms with E-state index in [9.17, 15) is 9.59 Å². The Hall–Kier alpha value is -1.10. The van der Waals surface area contributed by atoms with Gasteiger partial charge in [0.1, 0.15) is 11.6 Å². The molecule has 0 aliphatic carbocycles. The zero-order chi connectivity index (χ0) is 12.3. The Balaban J connectivity index is 2.70. The van der Waals surface area contributed by atoms with Gasteiger partial charge in [-0.25, -0.2) is 0 Å². The summed E-state index contributed by atoms with van der Waals surface area (Å²) in [6.07, 6.45) is 0. The fourth-order valence-electron chi connectivity index (χ4n) is 1.74. The van der Waals surface area contributed by atoms with Gasteiger partial charge >= 0.3 is 0 Å². The molecule has 0 aromatic heterocycles. The Morgan fingerprint density at radius 1 is 1.44 bits per heavy atom. The van der Waals surface area contributed by atoms with E-state index in [4.69, 9.17) is 4.74 Å². The number of ether oxygens (including phenoxy) is 1. The standard InChI is InChI=1S/C11H20N2O3/c1-5-16-7-6-13-8(2)9(14)12-11(3,4)10(13)15/h8H,5-7H2,1-4H3,(H,12,14). The van der Waals surface area contributed by atoms with E-state index in [1.54, 1.807) is 25.7 Å². The Bertz CT molecular complexity index is 289. The van der Waals surface area contributed by atoms with Gasteiger partial charge < -0.3 is 15.0 Å². The second kappa shape index (κ2) is 4.82. The Morgan fingerprint density at radius 3 is 2.62 bits per heavy atom. The molecule has 1 unspecified atom stereocenters. The van der Waals surface area contributed by atoms with Gasteiger partial charge in [-0.2, -0.15) is 0 Å². The van der Waals surface area contributed by atoms with Crippen LogP contribution in [0.2, 0.25) is 0 Å². The molecule has 5 heteroatoms. The molecule has 5 nitrogen and oxygen atoms in total. The molecule has 1 heterocycles. The third-order valence-electron chi connectivity index (χ3n) is 2.76. The Morgan fingerprint density at radius 2 is 2.06 bits per heavy atom. The second-order valence-electron chi connectivity index (χ2n) is 4.49. The fraction of sp³-hybridized carbons (Fsp3) is 0.818. The quantitative estimate of drug-likeness (QED) is 0.697. The van der Waals surface area contributed by atoms with Gasteiger partial charge in [0.2, 0.25) is 11.8 Å². The normalized spacial score (nSPS) is 24.5. The van der Waals surface area contributed by atoms with Crippen LogP contribution in [-0.2, 0) is 14.3 Å². The highest BCUT2D eigenvalue weighted by Gasteiger charge is 2.42. The summed E-state index contributed by atoms with van der Waals surface area (Å²) in [5, 5.41) is 2.70. The van der Waals surface area contributed by atoms with Crippen molar-refractivity contribution < 1.29 is 14.3 Å². The van der Waals surface area contributed by atoms with Crippen molar-refractivity contribution in [2.75, 3.05) is 19.8 Å². The SMILES string of the molecule is CCOCCN1C(=O)C(C)(C)NC(=O)C1C. The van der Waals surface area contributed by atoms with E-state index in [2.05, 4.69) is 5.32 Å². The van der Waals surface area contributed by atoms with Crippen LogP contribution < -0.4 is 5.32 Å². The van der Waals surface area contributed by atoms with Crippen molar-refractivity contribution in [2.45, 2.75) is 39.3 Å². The van der Waals surface area contributed by atoms with Crippen molar-refractivity contribution >= 4 is 11.8 Å². The van der Waals surface area contributed by atoms with Crippen molar-refractivity contribution in [3.05, 3.63) is 0 Å². The van der Waals surface area contributed by atoms with Crippen molar-refractivity contribution in [2.24, 2.45) is 0 Å². The van der Waals surface area contributed by atoms with Crippen LogP contribution in [0.25, 0.3) is 0 Å². The van der Waals surface area contributed by atoms with E-state index in [0.717, 1.165) is 0 Å². The maximum Gasteiger partial charge on any atom is 0.248 e. The third kappa shape index (κ3) is 2.52. The molecule has 1 aliphatic rings. The largest absolute Gasteiger partial charge is 0.380 e. The molecule has 1 atom stereocenters. The first kappa shape index (κ1) is 13.0. The average Bonchev–Trinajstić information content (AvgIpc) is 2.20. The summed E-state index contributed by atoms with van der Waals surface area (Å²) in [7, 11) is 0. The fourth-order valence-corrected chi connectivity index (χ4v) is 1.74. The van der Waals surface area contributed by atoms with Crippen molar-refractivity contribution in [1.29, 1.82) is 0 Å². The van der Waals surface area contributed by atoms with Gasteiger partial charge in [0, 0.05) is 13.2 Å². The molecule has 0 bridgehead atoms. The maximum atomic E-state index is 12.1. The highest BCUT2D eigenvalue weighted by atomic mass is 16.5. The molecule has 1 N–H and O–H groups in total. The molecule has 0 aromatic rings. The lowest BCUT2D eigenvalue weighted by Crippen LogP contribution is -2.67. The summed E-state index contributed by atoms with van der Waals surface area (Å²) in [4.78, 5) is 25.3. The van der Waals surface area contributed by atoms with Crippen LogP contribution in [0.15, 0.2) is 0 Å². The summed E-state index contributed by atoms with van der Waals surface area (Å²) >= 11 is 0. The number of nitrogens with zero attached hydrogens (tertiary/aromatic N) is 1. The van der Waals surface area contributed by atoms with Crippen LogP contribution in [0.5, 0.6) is 0 Å². The second-order valence-corrected chi connectivity index (χ2v) is 4.49. The number of hydrogen-bond donors (Lipinski definition) is 1. The molecule has 2 amide bonds. The van der Waals surface area contributed by atoms with Gasteiger partial charge in [-0.3, -0.25) is 9.59 Å². The number of piperazine rings is 1. The van der Waals surface area contributed by atoms with Crippen LogP contribution in [0.4, 0.5) is 0 Å². The van der Waals surface area contributed by atoms with Gasteiger partial charge in [-0.15, -0.1) is 0 Å². The zero-order valence-corrected chi connectivity index (χ0v) is 10.4. The summed E-state index contributed by atoms with van der Waals surface area (Å²) in [6, 6.07) is -0.416. The molecule has 1 saturated heterocycles. The lowest BCUT2D eigenvalue weighted by Gasteiger charge is -2.41. The van der Waals surface area contributed by atoms with Gasteiger partial charge in [-0.1, -0.05) is 0 Å². The summed E-state index contributed by atoms with van der Waals surface area (Å²) in [5.41, 5.74) is -0.810. The molecule has 92 valence electrons. The minimum absolute atomic E-state index is 0.0562. The van der Waals surface area contributed by atoms with Crippen LogP contribution in [-0.4, -0.2) is 48.1 Å². The van der Waals surface area contributed by atoms with Gasteiger partial charge in [0.15, 0.2) is 0 Å². The summed E-state index contributed by atoms with van der Waals surface area (Å²) in [5.74, 6) is -0.166. The first-order valence-corrected chi connectivity index (χ1v) is 5.61. The predicted molar refractivity (Wildman–Crippen MR) is 59.9 cm³/mol. The van der Waals surface area contributed by atoms with E-state index in [1.807, 2.05) is 6.92 Å². The predicted octanol–water partition coefficient (Wildman–Crippen LogP) is 0.148. The van der Waals surface area contributed by atoms with E-state index in [0.29, 0.717) is 19.8 Å². The van der Waals surface area contributed by atoms with Crippen molar-refractivity contribution in [3.8, 4) is 0 Å². The minimum atomic E-state index is -0.810. The van der Waals surface area contributed by atoms with Gasteiger partial charge in [0.25, 0.3) is 0 Å². The maximum absolute atomic E-state index is 12.1. The Labute approximate surface area is 96.1 Å². The summed E-state index contributed by atoms with van der Waals surface area (Å²) < 4.78 is 5.21. The lowest BCUT2D eigenvalue weighted by atomic mass is 9.97. The molecule has 0 radical (unpaired) electrons. The highest BCUT2D eigenvalue weighted by molar-refractivity contribution is 5.99. The smallest absolute Gasteiger partial charge is 0.248 e. The molecule has 16 heavy (non-hydrogen) atoms. The van der Waals surface area contributed by atoms with E-state index >= 15 is 0 Å². The molecule has 0 saturated carbocycles. The van der Waals surface area contributed by atoms with E-state index < -0.39 is 11.6 Å². The van der Waals surface area contributed by atoms with E-state index in [1.165, 1.54) is 0 Å². The van der Waals surface area contributed by atoms with Gasteiger partial charge in [-0.05, 0) is 27.7 Å². The molecule has 0 aromatic carbocycles. The monoisotopic (exact) mass is 228 g/mol. The number of hydrogen-bond acceptors (Lipinski definition) is 3. The van der Waals surface area contributed by atoms with E-state index in [-0.39, 0.29) is 11.8 Å². The molecular formula is C11H20N2O3.